The fourth-order valence-corrected chi connectivity index (χ4v) is 5.88. The molecule has 1 fully saturated rings. The standard InChI is InChI=1S/C25H32N8O5S2/c1-4-12-40(36,37)32-18-8-6-17(7-9-18)14-27-19-13-20(33-11-10-26-21(34)15-33)30-24(29-19)31-25-28-16(3)22(39-25)23(35)38-5-2/h6-9,13,32H,4-5,10-12,14-15H2,1-3H3,(H,26,34)(H2,27,28,29,30,31). The molecule has 1 saturated heterocycles. The Hall–Kier alpha value is -3.98. The second-order valence-corrected chi connectivity index (χ2v) is 11.8. The quantitative estimate of drug-likeness (QED) is 0.230. The number of amides is 1. The third kappa shape index (κ3) is 7.79. The molecule has 13 nitrogen and oxygen atoms in total. The van der Waals surface area contributed by atoms with Gasteiger partial charge in [0.15, 0.2) is 5.13 Å². The van der Waals surface area contributed by atoms with Crippen LogP contribution in [-0.2, 0) is 26.1 Å². The van der Waals surface area contributed by atoms with Crippen molar-refractivity contribution in [1.82, 2.24) is 20.3 Å². The maximum absolute atomic E-state index is 12.2. The number of benzene rings is 1. The minimum absolute atomic E-state index is 0.0616. The molecule has 0 spiro atoms. The van der Waals surface area contributed by atoms with Gasteiger partial charge in [0.1, 0.15) is 16.5 Å². The molecule has 1 aromatic carbocycles. The zero-order chi connectivity index (χ0) is 28.7. The molecule has 0 atom stereocenters. The van der Waals surface area contributed by atoms with E-state index in [0.717, 1.165) is 16.9 Å². The molecule has 0 saturated carbocycles. The van der Waals surface area contributed by atoms with E-state index in [4.69, 9.17) is 4.74 Å². The van der Waals surface area contributed by atoms with Crippen LogP contribution in [0.1, 0.15) is 41.2 Å². The Balaban J connectivity index is 1.52. The number of aryl methyl sites for hydroxylation is 1. The molecule has 15 heteroatoms. The fourth-order valence-electron chi connectivity index (χ4n) is 3.89. The molecule has 0 radical (unpaired) electrons. The highest BCUT2D eigenvalue weighted by Crippen LogP contribution is 2.27. The normalized spacial score (nSPS) is 13.5. The van der Waals surface area contributed by atoms with Gasteiger partial charge in [0.2, 0.25) is 21.9 Å². The third-order valence-electron chi connectivity index (χ3n) is 5.72. The Morgan fingerprint density at radius 1 is 1.18 bits per heavy atom. The van der Waals surface area contributed by atoms with Crippen LogP contribution in [0.15, 0.2) is 30.3 Å². The van der Waals surface area contributed by atoms with Crippen molar-refractivity contribution in [3.8, 4) is 0 Å². The first-order valence-corrected chi connectivity index (χ1v) is 15.3. The summed E-state index contributed by atoms with van der Waals surface area (Å²) < 4.78 is 31.7. The van der Waals surface area contributed by atoms with Gasteiger partial charge in [-0.15, -0.1) is 0 Å². The first-order chi connectivity index (χ1) is 19.2. The average molecular weight is 589 g/mol. The van der Waals surface area contributed by atoms with Crippen LogP contribution in [0, 0.1) is 6.92 Å². The molecule has 1 aliphatic rings. The number of rotatable bonds is 12. The number of piperazine rings is 1. The Morgan fingerprint density at radius 2 is 1.95 bits per heavy atom. The molecule has 1 aliphatic heterocycles. The number of thiazole rings is 1. The van der Waals surface area contributed by atoms with Gasteiger partial charge in [-0.3, -0.25) is 14.8 Å². The largest absolute Gasteiger partial charge is 0.462 e. The van der Waals surface area contributed by atoms with Gasteiger partial charge in [-0.05, 0) is 38.0 Å². The Morgan fingerprint density at radius 3 is 2.65 bits per heavy atom. The van der Waals surface area contributed by atoms with Crippen LogP contribution in [0.5, 0.6) is 0 Å². The molecule has 0 unspecified atom stereocenters. The Kier molecular flexibility index (Phi) is 9.37. The van der Waals surface area contributed by atoms with Crippen LogP contribution in [0.25, 0.3) is 0 Å². The zero-order valence-corrected chi connectivity index (χ0v) is 24.1. The van der Waals surface area contributed by atoms with E-state index in [0.29, 0.717) is 59.1 Å². The zero-order valence-electron chi connectivity index (χ0n) is 22.5. The molecule has 4 rings (SSSR count). The molecular weight excluding hydrogens is 556 g/mol. The summed E-state index contributed by atoms with van der Waals surface area (Å²) in [7, 11) is -3.36. The second-order valence-electron chi connectivity index (χ2n) is 8.96. The Bertz CT molecular complexity index is 1460. The number of carbonyl (C=O) groups is 2. The maximum atomic E-state index is 12.2. The van der Waals surface area contributed by atoms with Gasteiger partial charge < -0.3 is 20.3 Å². The summed E-state index contributed by atoms with van der Waals surface area (Å²) in [6.45, 7) is 7.19. The van der Waals surface area contributed by atoms with E-state index >= 15 is 0 Å². The van der Waals surface area contributed by atoms with E-state index < -0.39 is 16.0 Å². The lowest BCUT2D eigenvalue weighted by atomic mass is 10.2. The molecule has 1 amide bonds. The predicted molar refractivity (Wildman–Crippen MR) is 155 cm³/mol. The van der Waals surface area contributed by atoms with Crippen molar-refractivity contribution in [3.63, 3.8) is 0 Å². The van der Waals surface area contributed by atoms with Gasteiger partial charge in [-0.1, -0.05) is 30.4 Å². The number of carbonyl (C=O) groups excluding carboxylic acids is 2. The van der Waals surface area contributed by atoms with Crippen LogP contribution in [0.4, 0.5) is 28.4 Å². The van der Waals surface area contributed by atoms with E-state index in [9.17, 15) is 18.0 Å². The summed E-state index contributed by atoms with van der Waals surface area (Å²) in [5.41, 5.74) is 1.94. The van der Waals surface area contributed by atoms with E-state index in [2.05, 4.69) is 35.6 Å². The number of hydrogen-bond donors (Lipinski definition) is 4. The smallest absolute Gasteiger partial charge is 0.350 e. The summed E-state index contributed by atoms with van der Waals surface area (Å²) >= 11 is 1.14. The minimum Gasteiger partial charge on any atom is -0.462 e. The summed E-state index contributed by atoms with van der Waals surface area (Å²) in [4.78, 5) is 40.0. The monoisotopic (exact) mass is 588 g/mol. The van der Waals surface area contributed by atoms with Crippen LogP contribution in [0.2, 0.25) is 0 Å². The lowest BCUT2D eigenvalue weighted by Gasteiger charge is -2.28. The van der Waals surface area contributed by atoms with Crippen molar-refractivity contribution in [2.45, 2.75) is 33.7 Å². The van der Waals surface area contributed by atoms with Crippen molar-refractivity contribution >= 4 is 61.6 Å². The minimum atomic E-state index is -3.36. The molecular formula is C25H32N8O5S2. The van der Waals surface area contributed by atoms with Crippen LogP contribution < -0.4 is 25.6 Å². The van der Waals surface area contributed by atoms with Crippen molar-refractivity contribution in [1.29, 1.82) is 0 Å². The highest BCUT2D eigenvalue weighted by Gasteiger charge is 2.21. The Labute approximate surface area is 236 Å². The number of ether oxygens (including phenoxy) is 1. The van der Waals surface area contributed by atoms with Crippen molar-refractivity contribution < 1.29 is 22.7 Å². The number of nitrogens with zero attached hydrogens (tertiary/aromatic N) is 4. The first-order valence-electron chi connectivity index (χ1n) is 12.8. The van der Waals surface area contributed by atoms with Crippen LogP contribution in [0.3, 0.4) is 0 Å². The number of aromatic nitrogens is 3. The number of anilines is 5. The lowest BCUT2D eigenvalue weighted by molar-refractivity contribution is -0.120. The predicted octanol–water partition coefficient (Wildman–Crippen LogP) is 2.86. The topological polar surface area (TPSA) is 168 Å². The number of hydrogen-bond acceptors (Lipinski definition) is 12. The van der Waals surface area contributed by atoms with Gasteiger partial charge in [-0.25, -0.2) is 18.2 Å². The lowest BCUT2D eigenvalue weighted by Crippen LogP contribution is -2.48. The SMILES string of the molecule is CCCS(=O)(=O)Nc1ccc(CNc2cc(N3CCNC(=O)C3)nc(Nc3nc(C)c(C(=O)OCC)s3)n2)cc1. The molecule has 40 heavy (non-hydrogen) atoms. The molecule has 214 valence electrons. The molecule has 2 aromatic heterocycles. The van der Waals surface area contributed by atoms with Gasteiger partial charge in [-0.2, -0.15) is 9.97 Å². The van der Waals surface area contributed by atoms with Gasteiger partial charge >= 0.3 is 5.97 Å². The van der Waals surface area contributed by atoms with Crippen LogP contribution >= 0.6 is 11.3 Å². The summed E-state index contributed by atoms with van der Waals surface area (Å²) in [5, 5.41) is 9.58. The third-order valence-corrected chi connectivity index (χ3v) is 8.27. The molecule has 4 N–H and O–H groups in total. The van der Waals surface area contributed by atoms with Crippen molar-refractivity contribution in [2.75, 3.05) is 52.2 Å². The number of nitrogens with one attached hydrogen (secondary N) is 4. The van der Waals surface area contributed by atoms with Gasteiger partial charge in [0.25, 0.3) is 0 Å². The molecule has 0 bridgehead atoms. The van der Waals surface area contributed by atoms with Crippen molar-refractivity contribution in [2.24, 2.45) is 0 Å². The summed E-state index contributed by atoms with van der Waals surface area (Å²) in [6, 6.07) is 8.82. The van der Waals surface area contributed by atoms with Gasteiger partial charge in [0.05, 0.1) is 24.6 Å². The van der Waals surface area contributed by atoms with Gasteiger partial charge in [0, 0.05) is 31.4 Å². The highest BCUT2D eigenvalue weighted by molar-refractivity contribution is 7.92. The van der Waals surface area contributed by atoms with E-state index in [1.807, 2.05) is 24.0 Å². The molecule has 3 aromatic rings. The number of esters is 1. The number of sulfonamides is 1. The molecule has 3 heterocycles. The average Bonchev–Trinajstić information content (AvgIpc) is 3.28. The fraction of sp³-hybridized carbons (Fsp3) is 0.400. The van der Waals surface area contributed by atoms with E-state index in [1.54, 1.807) is 32.0 Å². The maximum Gasteiger partial charge on any atom is 0.350 e. The molecule has 0 aliphatic carbocycles. The first kappa shape index (κ1) is 29.0. The highest BCUT2D eigenvalue weighted by atomic mass is 32.2. The van der Waals surface area contributed by atoms with E-state index in [-0.39, 0.29) is 30.8 Å². The summed E-state index contributed by atoms with van der Waals surface area (Å²) in [6.07, 6.45) is 0.534. The van der Waals surface area contributed by atoms with Crippen LogP contribution in [-0.4, -0.2) is 67.2 Å². The second kappa shape index (κ2) is 12.9. The summed E-state index contributed by atoms with van der Waals surface area (Å²) in [5.74, 6) is 0.825. The van der Waals surface area contributed by atoms with Crippen molar-refractivity contribution in [3.05, 3.63) is 46.5 Å². The van der Waals surface area contributed by atoms with E-state index in [1.165, 1.54) is 0 Å².